The highest BCUT2D eigenvalue weighted by Gasteiger charge is 2.03. The van der Waals surface area contributed by atoms with Crippen LogP contribution in [-0.4, -0.2) is 9.38 Å². The topological polar surface area (TPSA) is 17.3 Å². The van der Waals surface area contributed by atoms with Crippen LogP contribution in [0.25, 0.3) is 16.6 Å². The third-order valence-electron chi connectivity index (χ3n) is 3.62. The Morgan fingerprint density at radius 1 is 0.947 bits per heavy atom. The molecule has 3 aromatic rings. The lowest BCUT2D eigenvalue weighted by molar-refractivity contribution is 0.867. The molecule has 0 fully saturated rings. The number of rotatable bonds is 2. The third kappa shape index (κ3) is 2.14. The van der Waals surface area contributed by atoms with E-state index in [9.17, 15) is 0 Å². The number of hydrogen-bond acceptors (Lipinski definition) is 1. The number of hydrogen-bond donors (Lipinski definition) is 0. The molecule has 96 valence electrons. The highest BCUT2D eigenvalue weighted by atomic mass is 15.0. The molecule has 2 aromatic heterocycles. The van der Waals surface area contributed by atoms with E-state index in [1.165, 1.54) is 16.7 Å². The Morgan fingerprint density at radius 2 is 1.63 bits per heavy atom. The first-order valence-corrected chi connectivity index (χ1v) is 6.69. The number of imidazole rings is 1. The maximum Gasteiger partial charge on any atom is 0.110 e. The molecule has 0 aliphatic rings. The predicted molar refractivity (Wildman–Crippen MR) is 79.5 cm³/mol. The molecule has 2 nitrogen and oxygen atoms in total. The fourth-order valence-electron chi connectivity index (χ4n) is 2.35. The van der Waals surface area contributed by atoms with Crippen molar-refractivity contribution in [1.29, 1.82) is 0 Å². The summed E-state index contributed by atoms with van der Waals surface area (Å²) in [5.41, 5.74) is 4.99. The van der Waals surface area contributed by atoms with Gasteiger partial charge in [-0.1, -0.05) is 44.2 Å². The number of pyridine rings is 1. The highest BCUT2D eigenvalue weighted by Crippen LogP contribution is 2.23. The molecule has 0 saturated heterocycles. The Morgan fingerprint density at radius 3 is 2.32 bits per heavy atom. The molecule has 0 unspecified atom stereocenters. The first kappa shape index (κ1) is 12.0. The molecular formula is C17H18N2. The minimum atomic E-state index is 0.576. The van der Waals surface area contributed by atoms with Gasteiger partial charge in [-0.15, -0.1) is 0 Å². The summed E-state index contributed by atoms with van der Waals surface area (Å²) in [6, 6.07) is 13.1. The van der Waals surface area contributed by atoms with Gasteiger partial charge in [0.25, 0.3) is 0 Å². The molecule has 0 N–H and O–H groups in total. The molecule has 0 bridgehead atoms. The molecule has 0 aliphatic carbocycles. The molecule has 2 heteroatoms. The average Bonchev–Trinajstić information content (AvgIpc) is 2.80. The molecule has 2 heterocycles. The van der Waals surface area contributed by atoms with Gasteiger partial charge in [-0.25, -0.2) is 4.98 Å². The molecule has 0 radical (unpaired) electrons. The van der Waals surface area contributed by atoms with Crippen LogP contribution in [0.4, 0.5) is 0 Å². The van der Waals surface area contributed by atoms with Gasteiger partial charge in [0.05, 0.1) is 11.7 Å². The Kier molecular flexibility index (Phi) is 2.86. The van der Waals surface area contributed by atoms with Gasteiger partial charge in [0.2, 0.25) is 0 Å². The van der Waals surface area contributed by atoms with Crippen molar-refractivity contribution in [3.63, 3.8) is 0 Å². The number of aryl methyl sites for hydroxylation is 1. The van der Waals surface area contributed by atoms with Crippen LogP contribution in [0.3, 0.4) is 0 Å². The standard InChI is InChI=1S/C17H18N2/c1-12(2)14-4-6-15(7-5-14)16-8-9-17-10-18-13(3)19(17)11-16/h4-12H,1-3H3. The number of fused-ring (bicyclic) bond motifs is 1. The van der Waals surface area contributed by atoms with Crippen molar-refractivity contribution in [2.75, 3.05) is 0 Å². The van der Waals surface area contributed by atoms with E-state index in [-0.39, 0.29) is 0 Å². The Balaban J connectivity index is 2.05. The minimum Gasteiger partial charge on any atom is -0.303 e. The van der Waals surface area contributed by atoms with E-state index in [0.717, 1.165) is 11.3 Å². The van der Waals surface area contributed by atoms with Crippen molar-refractivity contribution in [3.05, 3.63) is 60.2 Å². The van der Waals surface area contributed by atoms with Crippen molar-refractivity contribution < 1.29 is 0 Å². The van der Waals surface area contributed by atoms with Gasteiger partial charge >= 0.3 is 0 Å². The average molecular weight is 250 g/mol. The largest absolute Gasteiger partial charge is 0.303 e. The van der Waals surface area contributed by atoms with E-state index in [0.29, 0.717) is 5.92 Å². The van der Waals surface area contributed by atoms with Crippen LogP contribution in [0.5, 0.6) is 0 Å². The summed E-state index contributed by atoms with van der Waals surface area (Å²) in [5.74, 6) is 1.60. The zero-order valence-electron chi connectivity index (χ0n) is 11.6. The summed E-state index contributed by atoms with van der Waals surface area (Å²) < 4.78 is 2.13. The first-order chi connectivity index (χ1) is 9.15. The third-order valence-corrected chi connectivity index (χ3v) is 3.62. The summed E-state index contributed by atoms with van der Waals surface area (Å²) in [7, 11) is 0. The normalized spacial score (nSPS) is 11.4. The molecule has 19 heavy (non-hydrogen) atoms. The van der Waals surface area contributed by atoms with Crippen molar-refractivity contribution >= 4 is 5.52 Å². The second-order valence-corrected chi connectivity index (χ2v) is 5.29. The first-order valence-electron chi connectivity index (χ1n) is 6.69. The van der Waals surface area contributed by atoms with Crippen LogP contribution in [0.15, 0.2) is 48.8 Å². The molecule has 0 amide bonds. The van der Waals surface area contributed by atoms with Gasteiger partial charge in [0, 0.05) is 6.20 Å². The van der Waals surface area contributed by atoms with Crippen molar-refractivity contribution in [2.24, 2.45) is 0 Å². The van der Waals surface area contributed by atoms with Crippen LogP contribution >= 0.6 is 0 Å². The summed E-state index contributed by atoms with van der Waals surface area (Å²) in [6.07, 6.45) is 4.06. The molecule has 0 spiro atoms. The van der Waals surface area contributed by atoms with Gasteiger partial charge in [0.1, 0.15) is 5.82 Å². The summed E-state index contributed by atoms with van der Waals surface area (Å²) in [5, 5.41) is 0. The van der Waals surface area contributed by atoms with E-state index in [2.05, 4.69) is 65.8 Å². The molecule has 0 atom stereocenters. The lowest BCUT2D eigenvalue weighted by atomic mass is 9.99. The van der Waals surface area contributed by atoms with Crippen LogP contribution in [0, 0.1) is 6.92 Å². The zero-order chi connectivity index (χ0) is 13.4. The van der Waals surface area contributed by atoms with Crippen molar-refractivity contribution in [2.45, 2.75) is 26.7 Å². The van der Waals surface area contributed by atoms with Crippen LogP contribution in [0.2, 0.25) is 0 Å². The van der Waals surface area contributed by atoms with Crippen LogP contribution in [0.1, 0.15) is 31.2 Å². The molecule has 0 aliphatic heterocycles. The maximum absolute atomic E-state index is 4.33. The molecule has 3 rings (SSSR count). The summed E-state index contributed by atoms with van der Waals surface area (Å²) >= 11 is 0. The second-order valence-electron chi connectivity index (χ2n) is 5.29. The Labute approximate surface area is 113 Å². The van der Waals surface area contributed by atoms with Crippen molar-refractivity contribution in [3.8, 4) is 11.1 Å². The van der Waals surface area contributed by atoms with Gasteiger partial charge in [-0.2, -0.15) is 0 Å². The lowest BCUT2D eigenvalue weighted by Gasteiger charge is -2.08. The number of aromatic nitrogens is 2. The van der Waals surface area contributed by atoms with Gasteiger partial charge in [-0.3, -0.25) is 0 Å². The predicted octanol–water partition coefficient (Wildman–Crippen LogP) is 4.43. The molecule has 1 aromatic carbocycles. The highest BCUT2D eigenvalue weighted by molar-refractivity contribution is 5.65. The number of benzene rings is 1. The second kappa shape index (κ2) is 4.54. The lowest BCUT2D eigenvalue weighted by Crippen LogP contribution is -1.90. The van der Waals surface area contributed by atoms with E-state index in [4.69, 9.17) is 0 Å². The monoisotopic (exact) mass is 250 g/mol. The quantitative estimate of drug-likeness (QED) is 0.657. The van der Waals surface area contributed by atoms with E-state index >= 15 is 0 Å². The minimum absolute atomic E-state index is 0.576. The fourth-order valence-corrected chi connectivity index (χ4v) is 2.35. The number of nitrogens with zero attached hydrogens (tertiary/aromatic N) is 2. The van der Waals surface area contributed by atoms with Gasteiger partial charge in [-0.05, 0) is 35.6 Å². The van der Waals surface area contributed by atoms with E-state index in [1.54, 1.807) is 0 Å². The summed E-state index contributed by atoms with van der Waals surface area (Å²) in [4.78, 5) is 4.33. The van der Waals surface area contributed by atoms with Crippen LogP contribution < -0.4 is 0 Å². The SMILES string of the molecule is Cc1ncc2ccc(-c3ccc(C(C)C)cc3)cn12. The molecular weight excluding hydrogens is 232 g/mol. The zero-order valence-corrected chi connectivity index (χ0v) is 11.6. The van der Waals surface area contributed by atoms with Crippen molar-refractivity contribution in [1.82, 2.24) is 9.38 Å². The van der Waals surface area contributed by atoms with Gasteiger partial charge in [0.15, 0.2) is 0 Å². The maximum atomic E-state index is 4.33. The van der Waals surface area contributed by atoms with Crippen LogP contribution in [-0.2, 0) is 0 Å². The summed E-state index contributed by atoms with van der Waals surface area (Å²) in [6.45, 7) is 6.46. The fraction of sp³-hybridized carbons (Fsp3) is 0.235. The van der Waals surface area contributed by atoms with E-state index < -0.39 is 0 Å². The Bertz CT molecular complexity index is 706. The Hall–Kier alpha value is -2.09. The van der Waals surface area contributed by atoms with E-state index in [1.807, 2.05) is 13.1 Å². The smallest absolute Gasteiger partial charge is 0.110 e. The van der Waals surface area contributed by atoms with Gasteiger partial charge < -0.3 is 4.40 Å². The molecule has 0 saturated carbocycles.